The second-order valence-corrected chi connectivity index (χ2v) is 8.80. The number of carbonyl (C=O) groups is 1. The molecule has 1 heterocycles. The van der Waals surface area contributed by atoms with Crippen molar-refractivity contribution in [2.75, 3.05) is 6.54 Å². The number of aryl methyl sites for hydroxylation is 1. The Labute approximate surface area is 199 Å². The molecule has 0 fully saturated rings. The molecular weight excluding hydrogens is 479 g/mol. The summed E-state index contributed by atoms with van der Waals surface area (Å²) in [5.41, 5.74) is 0.517. The van der Waals surface area contributed by atoms with Crippen molar-refractivity contribution in [3.63, 3.8) is 0 Å². The van der Waals surface area contributed by atoms with Gasteiger partial charge in [-0.1, -0.05) is 42.6 Å². The first-order chi connectivity index (χ1) is 15.7. The van der Waals surface area contributed by atoms with E-state index < -0.39 is 17.6 Å². The molecule has 1 N–H and O–H groups in total. The first-order valence-electron chi connectivity index (χ1n) is 10.6. The number of benzene rings is 2. The molecule has 0 saturated heterocycles. The number of fused-ring (bicyclic) bond motifs is 1. The number of amides is 1. The molecule has 0 aliphatic rings. The maximum absolute atomic E-state index is 14.6. The van der Waals surface area contributed by atoms with Crippen LogP contribution in [0.25, 0.3) is 10.9 Å². The highest BCUT2D eigenvalue weighted by molar-refractivity contribution is 6.36. The lowest BCUT2D eigenvalue weighted by atomic mass is 9.93. The zero-order chi connectivity index (χ0) is 24.2. The molecule has 178 valence electrons. The standard InChI is InChI=1S/C24H24Cl2F4N2O/c1-2-15(7-9-31-14-33)3-4-16-5-6-20(25)19(22(16)26)13-32-10-8-17-11-18(24(28,29)30)12-21(27)23(17)32/h5-6,8,10-12,14-15H,2-4,7,9,13H2,1H3,(H,31,33). The predicted molar refractivity (Wildman–Crippen MR) is 123 cm³/mol. The Balaban J connectivity index is 1.84. The van der Waals surface area contributed by atoms with Crippen molar-refractivity contribution in [2.24, 2.45) is 5.92 Å². The fraction of sp³-hybridized carbons (Fsp3) is 0.375. The van der Waals surface area contributed by atoms with E-state index >= 15 is 0 Å². The van der Waals surface area contributed by atoms with Gasteiger partial charge in [0.25, 0.3) is 0 Å². The minimum absolute atomic E-state index is 0.0641. The third-order valence-electron chi connectivity index (χ3n) is 5.92. The molecule has 3 aromatic rings. The second-order valence-electron chi connectivity index (χ2n) is 8.01. The van der Waals surface area contributed by atoms with Crippen molar-refractivity contribution in [3.05, 3.63) is 69.1 Å². The second kappa shape index (κ2) is 10.8. The van der Waals surface area contributed by atoms with Gasteiger partial charge in [0.2, 0.25) is 6.41 Å². The monoisotopic (exact) mass is 502 g/mol. The number of halogens is 6. The summed E-state index contributed by atoms with van der Waals surface area (Å²) in [6.45, 7) is 2.83. The van der Waals surface area contributed by atoms with Gasteiger partial charge in [0.05, 0.1) is 22.6 Å². The van der Waals surface area contributed by atoms with Gasteiger partial charge in [0, 0.05) is 28.7 Å². The molecular formula is C24H24Cl2F4N2O. The van der Waals surface area contributed by atoms with E-state index in [2.05, 4.69) is 12.2 Å². The third kappa shape index (κ3) is 6.01. The number of nitrogens with one attached hydrogen (secondary N) is 1. The van der Waals surface area contributed by atoms with Crippen LogP contribution >= 0.6 is 23.2 Å². The Morgan fingerprint density at radius 3 is 2.58 bits per heavy atom. The number of alkyl halides is 3. The summed E-state index contributed by atoms with van der Waals surface area (Å²) in [4.78, 5) is 10.4. The topological polar surface area (TPSA) is 34.0 Å². The number of carbonyl (C=O) groups excluding carboxylic acids is 1. The molecule has 3 rings (SSSR count). The highest BCUT2D eigenvalue weighted by Gasteiger charge is 2.32. The van der Waals surface area contributed by atoms with Crippen molar-refractivity contribution in [1.82, 2.24) is 9.88 Å². The van der Waals surface area contributed by atoms with Gasteiger partial charge < -0.3 is 9.88 Å². The van der Waals surface area contributed by atoms with Gasteiger partial charge in [0.15, 0.2) is 0 Å². The molecule has 3 nitrogen and oxygen atoms in total. The molecule has 2 aromatic carbocycles. The highest BCUT2D eigenvalue weighted by Crippen LogP contribution is 2.35. The van der Waals surface area contributed by atoms with Crippen molar-refractivity contribution in [1.29, 1.82) is 0 Å². The lowest BCUT2D eigenvalue weighted by molar-refractivity contribution is -0.137. The Hall–Kier alpha value is -2.25. The Kier molecular flexibility index (Phi) is 8.29. The van der Waals surface area contributed by atoms with Gasteiger partial charge in [-0.05, 0) is 55.0 Å². The van der Waals surface area contributed by atoms with Gasteiger partial charge >= 0.3 is 6.18 Å². The number of rotatable bonds is 10. The zero-order valence-corrected chi connectivity index (χ0v) is 19.5. The lowest BCUT2D eigenvalue weighted by Gasteiger charge is -2.17. The van der Waals surface area contributed by atoms with Crippen molar-refractivity contribution in [2.45, 2.75) is 45.3 Å². The largest absolute Gasteiger partial charge is 0.416 e. The smallest absolute Gasteiger partial charge is 0.359 e. The summed E-state index contributed by atoms with van der Waals surface area (Å²) >= 11 is 13.0. The Bertz CT molecular complexity index is 1130. The fourth-order valence-electron chi connectivity index (χ4n) is 4.00. The first kappa shape index (κ1) is 25.4. The van der Waals surface area contributed by atoms with Crippen LogP contribution in [0.15, 0.2) is 36.5 Å². The molecule has 0 aliphatic carbocycles. The Morgan fingerprint density at radius 1 is 1.15 bits per heavy atom. The molecule has 0 saturated carbocycles. The molecule has 33 heavy (non-hydrogen) atoms. The number of hydrogen-bond donors (Lipinski definition) is 1. The summed E-state index contributed by atoms with van der Waals surface area (Å²) < 4.78 is 55.2. The van der Waals surface area contributed by atoms with Gasteiger partial charge in [-0.25, -0.2) is 4.39 Å². The SMILES string of the molecule is CCC(CCNC=O)CCc1ccc(Cl)c(Cn2ccc3cc(C(F)(F)F)cc(F)c32)c1Cl. The zero-order valence-electron chi connectivity index (χ0n) is 18.0. The van der Waals surface area contributed by atoms with Crippen LogP contribution in [0.2, 0.25) is 10.0 Å². The van der Waals surface area contributed by atoms with Crippen LogP contribution < -0.4 is 5.32 Å². The summed E-state index contributed by atoms with van der Waals surface area (Å²) in [6, 6.07) is 6.46. The first-order valence-corrected chi connectivity index (χ1v) is 11.4. The van der Waals surface area contributed by atoms with Crippen LogP contribution in [0, 0.1) is 11.7 Å². The van der Waals surface area contributed by atoms with Crippen LogP contribution in [-0.4, -0.2) is 17.5 Å². The van der Waals surface area contributed by atoms with Gasteiger partial charge in [-0.15, -0.1) is 0 Å². The minimum atomic E-state index is -4.63. The number of nitrogens with zero attached hydrogens (tertiary/aromatic N) is 1. The van der Waals surface area contributed by atoms with Crippen LogP contribution in [0.1, 0.15) is 42.9 Å². The molecule has 0 radical (unpaired) electrons. The molecule has 9 heteroatoms. The van der Waals surface area contributed by atoms with Crippen molar-refractivity contribution < 1.29 is 22.4 Å². The third-order valence-corrected chi connectivity index (χ3v) is 6.74. The quantitative estimate of drug-likeness (QED) is 0.177. The summed E-state index contributed by atoms with van der Waals surface area (Å²) in [6.07, 6.45) is 0.997. The van der Waals surface area contributed by atoms with E-state index in [9.17, 15) is 22.4 Å². The molecule has 1 unspecified atom stereocenters. The normalized spacial score (nSPS) is 12.8. The maximum Gasteiger partial charge on any atom is 0.416 e. The Morgan fingerprint density at radius 2 is 1.91 bits per heavy atom. The van der Waals surface area contributed by atoms with E-state index in [1.165, 1.54) is 16.8 Å². The highest BCUT2D eigenvalue weighted by atomic mass is 35.5. The average molecular weight is 503 g/mol. The van der Waals surface area contributed by atoms with Gasteiger partial charge in [0.1, 0.15) is 5.82 Å². The van der Waals surface area contributed by atoms with E-state index in [0.717, 1.165) is 30.9 Å². The molecule has 1 aromatic heterocycles. The minimum Gasteiger partial charge on any atom is -0.359 e. The van der Waals surface area contributed by atoms with E-state index in [1.807, 2.05) is 6.07 Å². The van der Waals surface area contributed by atoms with Gasteiger partial charge in [-0.3, -0.25) is 4.79 Å². The predicted octanol–water partition coefficient (Wildman–Crippen LogP) is 7.25. The molecule has 0 aliphatic heterocycles. The van der Waals surface area contributed by atoms with E-state index in [0.29, 0.717) is 47.0 Å². The molecule has 0 spiro atoms. The van der Waals surface area contributed by atoms with Crippen LogP contribution in [0.3, 0.4) is 0 Å². The summed E-state index contributed by atoms with van der Waals surface area (Å²) in [7, 11) is 0. The van der Waals surface area contributed by atoms with Crippen LogP contribution in [-0.2, 0) is 23.9 Å². The number of aromatic nitrogens is 1. The lowest BCUT2D eigenvalue weighted by Crippen LogP contribution is -2.16. The summed E-state index contributed by atoms with van der Waals surface area (Å²) in [5.74, 6) is -0.541. The van der Waals surface area contributed by atoms with E-state index in [1.54, 1.807) is 6.07 Å². The summed E-state index contributed by atoms with van der Waals surface area (Å²) in [5, 5.41) is 3.70. The van der Waals surface area contributed by atoms with Crippen LogP contribution in [0.5, 0.6) is 0 Å². The molecule has 1 amide bonds. The van der Waals surface area contributed by atoms with Gasteiger partial charge in [-0.2, -0.15) is 13.2 Å². The fourth-order valence-corrected chi connectivity index (χ4v) is 4.59. The van der Waals surface area contributed by atoms with E-state index in [-0.39, 0.29) is 17.4 Å². The number of hydrogen-bond acceptors (Lipinski definition) is 1. The van der Waals surface area contributed by atoms with Crippen LogP contribution in [0.4, 0.5) is 17.6 Å². The van der Waals surface area contributed by atoms with Crippen molar-refractivity contribution in [3.8, 4) is 0 Å². The van der Waals surface area contributed by atoms with Crippen molar-refractivity contribution >= 4 is 40.5 Å². The maximum atomic E-state index is 14.6. The average Bonchev–Trinajstić information content (AvgIpc) is 3.17. The molecule has 1 atom stereocenters. The van der Waals surface area contributed by atoms with E-state index in [4.69, 9.17) is 23.2 Å². The molecule has 0 bridgehead atoms.